The van der Waals surface area contributed by atoms with Gasteiger partial charge in [0.1, 0.15) is 36.0 Å². The Morgan fingerprint density at radius 2 is 0.714 bits per heavy atom. The third-order valence-electron chi connectivity index (χ3n) is 9.27. The molecule has 5 aromatic rings. The van der Waals surface area contributed by atoms with Crippen molar-refractivity contribution in [2.75, 3.05) is 13.1 Å². The molecular formula is C39H38BF8N. The second kappa shape index (κ2) is 15.4. The van der Waals surface area contributed by atoms with Crippen molar-refractivity contribution < 1.29 is 40.0 Å². The number of rotatable bonds is 8. The van der Waals surface area contributed by atoms with Crippen LogP contribution in [-0.4, -0.2) is 19.2 Å². The molecule has 0 unspecified atom stereocenters. The molecule has 0 aliphatic carbocycles. The van der Waals surface area contributed by atoms with Gasteiger partial charge in [0, 0.05) is 29.8 Å². The molecule has 5 rings (SSSR count). The van der Waals surface area contributed by atoms with Crippen molar-refractivity contribution in [3.05, 3.63) is 153 Å². The Balaban J connectivity index is 0.000000380. The third kappa shape index (κ3) is 7.59. The lowest BCUT2D eigenvalue weighted by Gasteiger charge is -2.45. The number of quaternary nitrogens is 1. The summed E-state index contributed by atoms with van der Waals surface area (Å²) in [6.45, 7) is 13.1. The van der Waals surface area contributed by atoms with E-state index in [0.29, 0.717) is 24.3 Å². The largest absolute Gasteiger partial charge is 0.332 e. The van der Waals surface area contributed by atoms with Gasteiger partial charge in [-0.15, -0.1) is 0 Å². The van der Waals surface area contributed by atoms with Crippen molar-refractivity contribution in [3.63, 3.8) is 0 Å². The molecule has 49 heavy (non-hydrogen) atoms. The lowest BCUT2D eigenvalue weighted by molar-refractivity contribution is -0.910. The van der Waals surface area contributed by atoms with Crippen molar-refractivity contribution in [2.24, 2.45) is 0 Å². The van der Waals surface area contributed by atoms with Gasteiger partial charge in [0.2, 0.25) is 0 Å². The summed E-state index contributed by atoms with van der Waals surface area (Å²) in [4.78, 5) is 1.64. The summed E-state index contributed by atoms with van der Waals surface area (Å²) in [6.07, 6.45) is -3.62. The first-order valence-electron chi connectivity index (χ1n) is 16.0. The summed E-state index contributed by atoms with van der Waals surface area (Å²) in [6, 6.07) is 16.5. The van der Waals surface area contributed by atoms with Crippen LogP contribution in [0.2, 0.25) is 0 Å². The van der Waals surface area contributed by atoms with Crippen molar-refractivity contribution in [1.29, 1.82) is 0 Å². The summed E-state index contributed by atoms with van der Waals surface area (Å²) in [5.74, 6) is -9.05. The van der Waals surface area contributed by atoms with Crippen LogP contribution in [-0.2, 0) is 6.54 Å². The van der Waals surface area contributed by atoms with Crippen LogP contribution in [0.3, 0.4) is 0 Å². The van der Waals surface area contributed by atoms with Crippen LogP contribution in [0.5, 0.6) is 0 Å². The second-order valence-electron chi connectivity index (χ2n) is 12.5. The minimum Gasteiger partial charge on any atom is -0.332 e. The number of aryl methyl sites for hydroxylation is 4. The van der Waals surface area contributed by atoms with Crippen LogP contribution in [0.25, 0.3) is 0 Å². The Hall–Kier alpha value is -4.44. The van der Waals surface area contributed by atoms with Crippen LogP contribution < -0.4 is 26.8 Å². The van der Waals surface area contributed by atoms with Crippen molar-refractivity contribution >= 4 is 28.0 Å². The molecular weight excluding hydrogens is 645 g/mol. The van der Waals surface area contributed by atoms with Crippen molar-refractivity contribution in [3.8, 4) is 0 Å². The Kier molecular flexibility index (Phi) is 11.8. The SMILES string of the molecule is CC[NH+](CC)Cc1ccccc1.Cc1cc([B-](c2cc(C)c(F)cc2F)(c2cc(C)c(F)cc2F)c2cc(C)c(F)cc2F)c(F)cc1F. The zero-order chi connectivity index (χ0) is 36.2. The number of hydrogen-bond donors (Lipinski definition) is 1. The summed E-state index contributed by atoms with van der Waals surface area (Å²) < 4.78 is 120. The zero-order valence-corrected chi connectivity index (χ0v) is 28.2. The van der Waals surface area contributed by atoms with Crippen LogP contribution in [0.1, 0.15) is 41.7 Å². The Morgan fingerprint density at radius 3 is 0.980 bits per heavy atom. The fourth-order valence-corrected chi connectivity index (χ4v) is 6.44. The van der Waals surface area contributed by atoms with E-state index in [1.165, 1.54) is 46.3 Å². The highest BCUT2D eigenvalue weighted by Crippen LogP contribution is 2.22. The van der Waals surface area contributed by atoms with Gasteiger partial charge < -0.3 is 4.90 Å². The van der Waals surface area contributed by atoms with E-state index in [0.717, 1.165) is 30.8 Å². The standard InChI is InChI=1S/C28H20BF8.C11H17N/c1-13-5-17(25(34)9-21(13)30)29(18-6-14(2)22(31)10-26(18)35,19-7-15(3)23(32)11-27(19)36)20-8-16(4)24(33)12-28(20)37;1-3-12(4-2)10-11-8-6-5-7-9-11/h5-12H,1-4H3;5-9H,3-4,10H2,1-2H3/q-1;/p+1. The van der Waals surface area contributed by atoms with Crippen LogP contribution in [0.15, 0.2) is 78.9 Å². The molecule has 0 bridgehead atoms. The van der Waals surface area contributed by atoms with Crippen LogP contribution in [0.4, 0.5) is 35.1 Å². The molecule has 0 atom stereocenters. The third-order valence-corrected chi connectivity index (χ3v) is 9.27. The average molecular weight is 684 g/mol. The molecule has 0 aliphatic heterocycles. The maximum atomic E-state index is 15.7. The van der Waals surface area contributed by atoms with Crippen LogP contribution in [0, 0.1) is 74.2 Å². The first kappa shape index (κ1) is 37.4. The highest BCUT2D eigenvalue weighted by atomic mass is 19.2. The summed E-state index contributed by atoms with van der Waals surface area (Å²) in [7, 11) is 0. The molecule has 0 spiro atoms. The van der Waals surface area contributed by atoms with Crippen molar-refractivity contribution in [1.82, 2.24) is 0 Å². The van der Waals surface area contributed by atoms with E-state index in [2.05, 4.69) is 44.2 Å². The van der Waals surface area contributed by atoms with E-state index in [1.807, 2.05) is 0 Å². The first-order chi connectivity index (χ1) is 23.1. The van der Waals surface area contributed by atoms with Crippen LogP contribution >= 0.6 is 0 Å². The van der Waals surface area contributed by atoms with E-state index in [1.54, 1.807) is 4.90 Å². The molecule has 0 heterocycles. The lowest BCUT2D eigenvalue weighted by Crippen LogP contribution is -3.10. The molecule has 1 N–H and O–H groups in total. The smallest absolute Gasteiger partial charge is 0.128 e. The summed E-state index contributed by atoms with van der Waals surface area (Å²) in [5.41, 5.74) is -1.29. The summed E-state index contributed by atoms with van der Waals surface area (Å²) in [5, 5.41) is 0. The monoisotopic (exact) mass is 683 g/mol. The van der Waals surface area contributed by atoms with Gasteiger partial charge in [-0.3, -0.25) is 0 Å². The Labute approximate surface area is 282 Å². The molecule has 258 valence electrons. The minimum absolute atomic E-state index is 0.139. The second-order valence-corrected chi connectivity index (χ2v) is 12.5. The molecule has 0 amide bonds. The molecule has 10 heteroatoms. The highest BCUT2D eigenvalue weighted by molar-refractivity contribution is 7.20. The van der Waals surface area contributed by atoms with Gasteiger partial charge >= 0.3 is 0 Å². The fraction of sp³-hybridized carbons (Fsp3) is 0.231. The quantitative estimate of drug-likeness (QED) is 0.140. The maximum absolute atomic E-state index is 15.7. The molecule has 0 aromatic heterocycles. The van der Waals surface area contributed by atoms with Gasteiger partial charge in [-0.25, -0.2) is 35.1 Å². The van der Waals surface area contributed by atoms with E-state index >= 15 is 17.6 Å². The topological polar surface area (TPSA) is 4.44 Å². The minimum atomic E-state index is -3.62. The Bertz CT molecular complexity index is 1720. The van der Waals surface area contributed by atoms with Gasteiger partial charge in [-0.2, -0.15) is 21.9 Å². The van der Waals surface area contributed by atoms with E-state index in [-0.39, 0.29) is 22.3 Å². The number of nitrogens with one attached hydrogen (secondary N) is 1. The molecule has 0 fully saturated rings. The van der Waals surface area contributed by atoms with E-state index < -0.39 is 74.5 Å². The molecule has 0 aliphatic rings. The van der Waals surface area contributed by atoms with E-state index in [4.69, 9.17) is 0 Å². The molecule has 0 saturated carbocycles. The molecule has 1 nitrogen and oxygen atoms in total. The van der Waals surface area contributed by atoms with Gasteiger partial charge in [-0.1, -0.05) is 54.6 Å². The van der Waals surface area contributed by atoms with Crippen molar-refractivity contribution in [2.45, 2.75) is 48.1 Å². The molecule has 0 radical (unpaired) electrons. The maximum Gasteiger partial charge on any atom is 0.128 e. The number of benzene rings is 5. The van der Waals surface area contributed by atoms with Gasteiger partial charge in [0.25, 0.3) is 0 Å². The average Bonchev–Trinajstić information content (AvgIpc) is 3.06. The number of halogens is 8. The van der Waals surface area contributed by atoms with Gasteiger partial charge in [0.15, 0.2) is 0 Å². The van der Waals surface area contributed by atoms with E-state index in [9.17, 15) is 17.6 Å². The van der Waals surface area contributed by atoms with Gasteiger partial charge in [-0.05, 0) is 63.8 Å². The normalized spacial score (nSPS) is 11.5. The molecule has 5 aromatic carbocycles. The number of hydrogen-bond acceptors (Lipinski definition) is 0. The predicted octanol–water partition coefficient (Wildman–Crippen LogP) is 6.52. The highest BCUT2D eigenvalue weighted by Gasteiger charge is 2.41. The zero-order valence-electron chi connectivity index (χ0n) is 28.2. The fourth-order valence-electron chi connectivity index (χ4n) is 6.44. The van der Waals surface area contributed by atoms with Gasteiger partial charge in [0.05, 0.1) is 36.4 Å². The summed E-state index contributed by atoms with van der Waals surface area (Å²) >= 11 is 0. The lowest BCUT2D eigenvalue weighted by atomic mass is 9.12. The molecule has 0 saturated heterocycles. The first-order valence-corrected chi connectivity index (χ1v) is 16.0. The predicted molar refractivity (Wildman–Crippen MR) is 181 cm³/mol. The Morgan fingerprint density at radius 1 is 0.429 bits per heavy atom.